The molecule has 0 aliphatic carbocycles. The van der Waals surface area contributed by atoms with Gasteiger partial charge in [0.1, 0.15) is 11.5 Å². The van der Waals surface area contributed by atoms with Gasteiger partial charge in [-0.25, -0.2) is 5.43 Å². The Bertz CT molecular complexity index is 762. The van der Waals surface area contributed by atoms with Crippen molar-refractivity contribution in [2.24, 2.45) is 5.10 Å². The maximum Gasteiger partial charge on any atom is 0.280 e. The second-order valence-corrected chi connectivity index (χ2v) is 6.25. The number of hydrazone groups is 1. The van der Waals surface area contributed by atoms with Crippen molar-refractivity contribution in [3.8, 4) is 11.5 Å². The Kier molecular flexibility index (Phi) is 7.01. The van der Waals surface area contributed by atoms with Gasteiger partial charge in [0.2, 0.25) is 0 Å². The summed E-state index contributed by atoms with van der Waals surface area (Å²) in [6.45, 7) is 6.14. The highest BCUT2D eigenvalue weighted by Crippen LogP contribution is 2.26. The van der Waals surface area contributed by atoms with Gasteiger partial charge < -0.3 is 9.47 Å². The van der Waals surface area contributed by atoms with E-state index in [1.807, 2.05) is 56.3 Å². The number of hydrogen-bond donors (Lipinski definition) is 1. The number of carbonyl (C=O) groups excluding carboxylic acids is 1. The fourth-order valence-electron chi connectivity index (χ4n) is 2.08. The first-order chi connectivity index (χ1) is 12.0. The van der Waals surface area contributed by atoms with E-state index in [2.05, 4.69) is 26.5 Å². The van der Waals surface area contributed by atoms with Crippen LogP contribution in [0.1, 0.15) is 25.0 Å². The summed E-state index contributed by atoms with van der Waals surface area (Å²) in [6, 6.07) is 13.2. The molecule has 1 N–H and O–H groups in total. The molecule has 0 bridgehead atoms. The first kappa shape index (κ1) is 19.0. The van der Waals surface area contributed by atoms with Crippen LogP contribution in [-0.2, 0) is 4.79 Å². The van der Waals surface area contributed by atoms with Crippen LogP contribution in [0.25, 0.3) is 0 Å². The van der Waals surface area contributed by atoms with Crippen molar-refractivity contribution < 1.29 is 14.3 Å². The number of nitrogens with one attached hydrogen (secondary N) is 1. The van der Waals surface area contributed by atoms with Crippen molar-refractivity contribution >= 4 is 28.1 Å². The number of amides is 1. The zero-order valence-corrected chi connectivity index (χ0v) is 16.0. The number of ether oxygens (including phenoxy) is 2. The molecular formula is C19H21BrN2O3. The predicted molar refractivity (Wildman–Crippen MR) is 102 cm³/mol. The quantitative estimate of drug-likeness (QED) is 0.558. The minimum absolute atomic E-state index is 0.336. The van der Waals surface area contributed by atoms with E-state index in [0.29, 0.717) is 12.4 Å². The van der Waals surface area contributed by atoms with Crippen molar-refractivity contribution in [1.82, 2.24) is 5.43 Å². The van der Waals surface area contributed by atoms with Crippen LogP contribution >= 0.6 is 15.9 Å². The van der Waals surface area contributed by atoms with Crippen LogP contribution in [0.5, 0.6) is 11.5 Å². The predicted octanol–water partition coefficient (Wildman–Crippen LogP) is 4.07. The van der Waals surface area contributed by atoms with E-state index < -0.39 is 6.10 Å². The average molecular weight is 405 g/mol. The van der Waals surface area contributed by atoms with Crippen molar-refractivity contribution in [3.63, 3.8) is 0 Å². The molecule has 1 unspecified atom stereocenters. The van der Waals surface area contributed by atoms with E-state index in [-0.39, 0.29) is 5.91 Å². The molecule has 0 fully saturated rings. The second-order valence-electron chi connectivity index (χ2n) is 5.40. The van der Waals surface area contributed by atoms with Crippen molar-refractivity contribution in [1.29, 1.82) is 0 Å². The number of nitrogens with zero attached hydrogens (tertiary/aromatic N) is 1. The molecule has 0 aromatic heterocycles. The highest BCUT2D eigenvalue weighted by Gasteiger charge is 2.15. The topological polar surface area (TPSA) is 59.9 Å². The lowest BCUT2D eigenvalue weighted by molar-refractivity contribution is -0.127. The maximum absolute atomic E-state index is 12.1. The Hall–Kier alpha value is -2.34. The van der Waals surface area contributed by atoms with E-state index in [4.69, 9.17) is 9.47 Å². The van der Waals surface area contributed by atoms with Gasteiger partial charge in [-0.3, -0.25) is 4.79 Å². The lowest BCUT2D eigenvalue weighted by atomic mass is 10.2. The van der Waals surface area contributed by atoms with Crippen molar-refractivity contribution in [3.05, 3.63) is 58.1 Å². The molecule has 0 spiro atoms. The smallest absolute Gasteiger partial charge is 0.280 e. The van der Waals surface area contributed by atoms with Crippen LogP contribution in [0, 0.1) is 6.92 Å². The van der Waals surface area contributed by atoms with Crippen LogP contribution in [0.4, 0.5) is 0 Å². The highest BCUT2D eigenvalue weighted by atomic mass is 79.9. The molecule has 0 heterocycles. The standard InChI is InChI=1S/C19H21BrN2O3/c1-4-24-17-8-6-5-7-15(17)12-21-22-19(23)14(3)25-18-10-9-13(2)11-16(18)20/h5-12,14H,4H2,1-3H3,(H,22,23)/b21-12+. The van der Waals surface area contributed by atoms with Crippen LogP contribution < -0.4 is 14.9 Å². The largest absolute Gasteiger partial charge is 0.493 e. The molecular weight excluding hydrogens is 384 g/mol. The van der Waals surface area contributed by atoms with Gasteiger partial charge in [0.05, 0.1) is 17.3 Å². The van der Waals surface area contributed by atoms with Gasteiger partial charge in [-0.05, 0) is 66.5 Å². The Morgan fingerprint density at radius 1 is 1.28 bits per heavy atom. The Morgan fingerprint density at radius 2 is 2.04 bits per heavy atom. The molecule has 0 aliphatic rings. The third-order valence-corrected chi connectivity index (χ3v) is 3.98. The van der Waals surface area contributed by atoms with E-state index in [0.717, 1.165) is 21.3 Å². The molecule has 6 heteroatoms. The van der Waals surface area contributed by atoms with E-state index in [1.165, 1.54) is 0 Å². The lowest BCUT2D eigenvalue weighted by Crippen LogP contribution is -2.33. The van der Waals surface area contributed by atoms with Gasteiger partial charge in [-0.2, -0.15) is 5.10 Å². The van der Waals surface area contributed by atoms with Gasteiger partial charge in [-0.15, -0.1) is 0 Å². The third-order valence-electron chi connectivity index (χ3n) is 3.36. The zero-order valence-electron chi connectivity index (χ0n) is 14.5. The summed E-state index contributed by atoms with van der Waals surface area (Å²) in [5.74, 6) is 0.993. The van der Waals surface area contributed by atoms with Crippen LogP contribution in [-0.4, -0.2) is 24.8 Å². The molecule has 0 radical (unpaired) electrons. The minimum Gasteiger partial charge on any atom is -0.493 e. The fourth-order valence-corrected chi connectivity index (χ4v) is 2.66. The summed E-state index contributed by atoms with van der Waals surface area (Å²) >= 11 is 3.43. The monoisotopic (exact) mass is 404 g/mol. The van der Waals surface area contributed by atoms with Gasteiger partial charge in [0.25, 0.3) is 5.91 Å². The number of hydrogen-bond acceptors (Lipinski definition) is 4. The van der Waals surface area contributed by atoms with Crippen molar-refractivity contribution in [2.45, 2.75) is 26.9 Å². The molecule has 1 atom stereocenters. The number of rotatable bonds is 7. The lowest BCUT2D eigenvalue weighted by Gasteiger charge is -2.14. The summed E-state index contributed by atoms with van der Waals surface area (Å²) in [5.41, 5.74) is 4.38. The number of halogens is 1. The molecule has 2 aromatic rings. The highest BCUT2D eigenvalue weighted by molar-refractivity contribution is 9.10. The first-order valence-electron chi connectivity index (χ1n) is 7.98. The van der Waals surface area contributed by atoms with E-state index >= 15 is 0 Å². The summed E-state index contributed by atoms with van der Waals surface area (Å²) in [6.07, 6.45) is 0.871. The molecule has 0 saturated heterocycles. The number of benzene rings is 2. The van der Waals surface area contributed by atoms with Gasteiger partial charge in [0.15, 0.2) is 6.10 Å². The molecule has 1 amide bonds. The van der Waals surface area contributed by atoms with E-state index in [1.54, 1.807) is 13.1 Å². The second kappa shape index (κ2) is 9.22. The minimum atomic E-state index is -0.682. The average Bonchev–Trinajstić information content (AvgIpc) is 2.59. The van der Waals surface area contributed by atoms with Crippen LogP contribution in [0.15, 0.2) is 52.0 Å². The van der Waals surface area contributed by atoms with Crippen LogP contribution in [0.2, 0.25) is 0 Å². The SMILES string of the molecule is CCOc1ccccc1/C=N/NC(=O)C(C)Oc1ccc(C)cc1Br. The molecule has 2 rings (SSSR count). The first-order valence-corrected chi connectivity index (χ1v) is 8.78. The van der Waals surface area contributed by atoms with Gasteiger partial charge >= 0.3 is 0 Å². The van der Waals surface area contributed by atoms with Gasteiger partial charge in [-0.1, -0.05) is 18.2 Å². The Labute approximate surface area is 156 Å². The number of para-hydroxylation sites is 1. The van der Waals surface area contributed by atoms with Crippen molar-refractivity contribution in [2.75, 3.05) is 6.61 Å². The molecule has 2 aromatic carbocycles. The number of aryl methyl sites for hydroxylation is 1. The third kappa shape index (κ3) is 5.60. The molecule has 132 valence electrons. The summed E-state index contributed by atoms with van der Waals surface area (Å²) < 4.78 is 12.0. The maximum atomic E-state index is 12.1. The molecule has 5 nitrogen and oxygen atoms in total. The summed E-state index contributed by atoms with van der Waals surface area (Å²) in [5, 5.41) is 3.99. The molecule has 0 saturated carbocycles. The molecule has 25 heavy (non-hydrogen) atoms. The Morgan fingerprint density at radius 3 is 2.76 bits per heavy atom. The summed E-state index contributed by atoms with van der Waals surface area (Å²) in [7, 11) is 0. The van der Waals surface area contributed by atoms with E-state index in [9.17, 15) is 4.79 Å². The van der Waals surface area contributed by atoms with Crippen LogP contribution in [0.3, 0.4) is 0 Å². The normalized spacial score (nSPS) is 12.0. The zero-order chi connectivity index (χ0) is 18.2. The van der Waals surface area contributed by atoms with Gasteiger partial charge in [0, 0.05) is 5.56 Å². The fraction of sp³-hybridized carbons (Fsp3) is 0.263. The molecule has 0 aliphatic heterocycles. The summed E-state index contributed by atoms with van der Waals surface area (Å²) in [4.78, 5) is 12.1. The number of carbonyl (C=O) groups is 1. The Balaban J connectivity index is 1.95.